The molecular weight excluding hydrogens is 256 g/mol. The first kappa shape index (κ1) is 14.3. The Morgan fingerprint density at radius 1 is 1.60 bits per heavy atom. The van der Waals surface area contributed by atoms with E-state index in [2.05, 4.69) is 11.8 Å². The van der Waals surface area contributed by atoms with Crippen molar-refractivity contribution in [3.63, 3.8) is 0 Å². The van der Waals surface area contributed by atoms with Crippen LogP contribution in [0.5, 0.6) is 0 Å². The van der Waals surface area contributed by atoms with Gasteiger partial charge in [-0.3, -0.25) is 10.1 Å². The van der Waals surface area contributed by atoms with Gasteiger partial charge in [0.1, 0.15) is 11.6 Å². The van der Waals surface area contributed by atoms with Gasteiger partial charge >= 0.3 is 0 Å². The molecule has 0 spiro atoms. The van der Waals surface area contributed by atoms with E-state index in [-0.39, 0.29) is 17.3 Å². The number of nitrogens with zero attached hydrogens (tertiary/aromatic N) is 3. The fourth-order valence-electron chi connectivity index (χ4n) is 2.77. The Labute approximate surface area is 117 Å². The molecule has 0 aliphatic carbocycles. The quantitative estimate of drug-likeness (QED) is 0.672. The van der Waals surface area contributed by atoms with Gasteiger partial charge in [-0.2, -0.15) is 5.26 Å². The van der Waals surface area contributed by atoms with Crippen LogP contribution in [-0.2, 0) is 0 Å². The molecule has 1 aliphatic heterocycles. The molecule has 1 aromatic rings. The van der Waals surface area contributed by atoms with Crippen LogP contribution in [0.25, 0.3) is 0 Å². The van der Waals surface area contributed by atoms with Crippen LogP contribution in [0.2, 0.25) is 0 Å². The predicted octanol–water partition coefficient (Wildman–Crippen LogP) is 2.03. The summed E-state index contributed by atoms with van der Waals surface area (Å²) in [7, 11) is 0. The lowest BCUT2D eigenvalue weighted by Gasteiger charge is -2.39. The molecule has 1 aromatic carbocycles. The van der Waals surface area contributed by atoms with Crippen molar-refractivity contribution in [1.29, 1.82) is 5.26 Å². The first-order valence-corrected chi connectivity index (χ1v) is 6.72. The number of hydrogen-bond donors (Lipinski definition) is 1. The smallest absolute Gasteiger partial charge is 0.287 e. The molecule has 1 saturated heterocycles. The van der Waals surface area contributed by atoms with E-state index in [9.17, 15) is 10.1 Å². The van der Waals surface area contributed by atoms with Gasteiger partial charge < -0.3 is 10.6 Å². The van der Waals surface area contributed by atoms with E-state index >= 15 is 0 Å². The molecule has 2 atom stereocenters. The monoisotopic (exact) mass is 274 g/mol. The highest BCUT2D eigenvalue weighted by Gasteiger charge is 2.26. The zero-order chi connectivity index (χ0) is 14.7. The lowest BCUT2D eigenvalue weighted by Crippen LogP contribution is -2.46. The van der Waals surface area contributed by atoms with E-state index in [1.54, 1.807) is 12.1 Å². The molecule has 0 saturated carbocycles. The SMILES string of the molecule is CC1CCN(c2ccc([N+](=O)[O-])c(C#N)c2)C(CN)C1. The van der Waals surface area contributed by atoms with Crippen molar-refractivity contribution < 1.29 is 4.92 Å². The van der Waals surface area contributed by atoms with Crippen LogP contribution in [0.15, 0.2) is 18.2 Å². The Morgan fingerprint density at radius 2 is 2.35 bits per heavy atom. The van der Waals surface area contributed by atoms with Crippen LogP contribution in [-0.4, -0.2) is 24.1 Å². The maximum atomic E-state index is 10.9. The minimum Gasteiger partial charge on any atom is -0.367 e. The number of anilines is 1. The minimum absolute atomic E-state index is 0.0990. The van der Waals surface area contributed by atoms with E-state index in [4.69, 9.17) is 11.0 Å². The fraction of sp³-hybridized carbons (Fsp3) is 0.500. The van der Waals surface area contributed by atoms with Crippen molar-refractivity contribution in [1.82, 2.24) is 0 Å². The van der Waals surface area contributed by atoms with Gasteiger partial charge in [0.25, 0.3) is 5.69 Å². The minimum atomic E-state index is -0.527. The molecule has 20 heavy (non-hydrogen) atoms. The van der Waals surface area contributed by atoms with Gasteiger partial charge in [-0.05, 0) is 30.9 Å². The lowest BCUT2D eigenvalue weighted by atomic mass is 9.92. The molecule has 6 heteroatoms. The maximum absolute atomic E-state index is 10.9. The first-order chi connectivity index (χ1) is 9.56. The normalized spacial score (nSPS) is 22.4. The number of nitro groups is 1. The van der Waals surface area contributed by atoms with Crippen LogP contribution in [0.1, 0.15) is 25.3 Å². The number of nitriles is 1. The molecule has 2 N–H and O–H groups in total. The largest absolute Gasteiger partial charge is 0.367 e. The van der Waals surface area contributed by atoms with Crippen LogP contribution in [0, 0.1) is 27.4 Å². The summed E-state index contributed by atoms with van der Waals surface area (Å²) < 4.78 is 0. The Bertz CT molecular complexity index is 553. The zero-order valence-corrected chi connectivity index (χ0v) is 11.5. The second kappa shape index (κ2) is 5.88. The number of nitrogens with two attached hydrogens (primary N) is 1. The summed E-state index contributed by atoms with van der Waals surface area (Å²) in [6.45, 7) is 3.62. The van der Waals surface area contributed by atoms with E-state index in [1.807, 2.05) is 6.07 Å². The molecular formula is C14H18N4O2. The Morgan fingerprint density at radius 3 is 2.95 bits per heavy atom. The summed E-state index contributed by atoms with van der Waals surface area (Å²) in [6.07, 6.45) is 2.07. The second-order valence-electron chi connectivity index (χ2n) is 5.28. The van der Waals surface area contributed by atoms with Gasteiger partial charge in [-0.1, -0.05) is 6.92 Å². The van der Waals surface area contributed by atoms with E-state index in [0.717, 1.165) is 25.1 Å². The summed E-state index contributed by atoms with van der Waals surface area (Å²) in [5.74, 6) is 0.633. The first-order valence-electron chi connectivity index (χ1n) is 6.72. The zero-order valence-electron chi connectivity index (χ0n) is 11.5. The van der Waals surface area contributed by atoms with Crippen molar-refractivity contribution in [3.05, 3.63) is 33.9 Å². The lowest BCUT2D eigenvalue weighted by molar-refractivity contribution is -0.385. The standard InChI is InChI=1S/C14H18N4O2/c1-10-4-5-17(13(6-10)9-16)12-2-3-14(18(19)20)11(7-12)8-15/h2-3,7,10,13H,4-6,9,16H2,1H3. The summed E-state index contributed by atoms with van der Waals surface area (Å²) in [5, 5.41) is 19.9. The predicted molar refractivity (Wildman–Crippen MR) is 76.4 cm³/mol. The number of benzene rings is 1. The van der Waals surface area contributed by atoms with Crippen molar-refractivity contribution >= 4 is 11.4 Å². The number of hydrogen-bond acceptors (Lipinski definition) is 5. The summed E-state index contributed by atoms with van der Waals surface area (Å²) in [4.78, 5) is 12.5. The number of piperidine rings is 1. The van der Waals surface area contributed by atoms with Crippen molar-refractivity contribution in [2.45, 2.75) is 25.8 Å². The second-order valence-corrected chi connectivity index (χ2v) is 5.28. The van der Waals surface area contributed by atoms with Crippen LogP contribution in [0.4, 0.5) is 11.4 Å². The Hall–Kier alpha value is -2.13. The van der Waals surface area contributed by atoms with E-state index < -0.39 is 4.92 Å². The topological polar surface area (TPSA) is 96.2 Å². The summed E-state index contributed by atoms with van der Waals surface area (Å²) in [5.41, 5.74) is 6.62. The Balaban J connectivity index is 2.33. The van der Waals surface area contributed by atoms with Gasteiger partial charge in [0, 0.05) is 30.9 Å². The molecule has 0 bridgehead atoms. The summed E-state index contributed by atoms with van der Waals surface area (Å²) in [6, 6.07) is 6.83. The average molecular weight is 274 g/mol. The van der Waals surface area contributed by atoms with Gasteiger partial charge in [0.2, 0.25) is 0 Å². The molecule has 106 valence electrons. The van der Waals surface area contributed by atoms with Crippen molar-refractivity contribution in [2.75, 3.05) is 18.0 Å². The van der Waals surface area contributed by atoms with Crippen LogP contribution < -0.4 is 10.6 Å². The van der Waals surface area contributed by atoms with Crippen molar-refractivity contribution in [3.8, 4) is 6.07 Å². The highest BCUT2D eigenvalue weighted by atomic mass is 16.6. The third-order valence-corrected chi connectivity index (χ3v) is 3.88. The highest BCUT2D eigenvalue weighted by Crippen LogP contribution is 2.30. The molecule has 2 unspecified atom stereocenters. The molecule has 1 fully saturated rings. The number of rotatable bonds is 3. The molecule has 2 rings (SSSR count). The maximum Gasteiger partial charge on any atom is 0.287 e. The van der Waals surface area contributed by atoms with E-state index in [1.165, 1.54) is 6.07 Å². The average Bonchev–Trinajstić information content (AvgIpc) is 2.46. The molecule has 6 nitrogen and oxygen atoms in total. The molecule has 0 amide bonds. The molecule has 1 aliphatic rings. The molecule has 1 heterocycles. The highest BCUT2D eigenvalue weighted by molar-refractivity contribution is 5.60. The van der Waals surface area contributed by atoms with Crippen LogP contribution in [0.3, 0.4) is 0 Å². The van der Waals surface area contributed by atoms with Crippen molar-refractivity contribution in [2.24, 2.45) is 11.7 Å². The third-order valence-electron chi connectivity index (χ3n) is 3.88. The number of nitro benzene ring substituents is 1. The van der Waals surface area contributed by atoms with E-state index in [0.29, 0.717) is 12.5 Å². The molecule has 0 radical (unpaired) electrons. The van der Waals surface area contributed by atoms with Crippen LogP contribution >= 0.6 is 0 Å². The molecule has 0 aromatic heterocycles. The third kappa shape index (κ3) is 2.73. The summed E-state index contributed by atoms with van der Waals surface area (Å²) >= 11 is 0. The van der Waals surface area contributed by atoms with Gasteiger partial charge in [0.15, 0.2) is 0 Å². The van der Waals surface area contributed by atoms with Gasteiger partial charge in [-0.25, -0.2) is 0 Å². The van der Waals surface area contributed by atoms with Gasteiger partial charge in [-0.15, -0.1) is 0 Å². The fourth-order valence-corrected chi connectivity index (χ4v) is 2.77. The Kier molecular flexibility index (Phi) is 4.20. The van der Waals surface area contributed by atoms with Gasteiger partial charge in [0.05, 0.1) is 4.92 Å².